The van der Waals surface area contributed by atoms with E-state index in [4.69, 9.17) is 5.73 Å². The topological polar surface area (TPSA) is 105 Å². The normalized spacial score (nSPS) is 15.1. The van der Waals surface area contributed by atoms with E-state index < -0.39 is 12.0 Å². The number of amides is 1. The summed E-state index contributed by atoms with van der Waals surface area (Å²) in [7, 11) is 0. The van der Waals surface area contributed by atoms with E-state index >= 15 is 0 Å². The summed E-state index contributed by atoms with van der Waals surface area (Å²) in [5.74, 6) is -0.763. The van der Waals surface area contributed by atoms with Gasteiger partial charge in [-0.3, -0.25) is 9.52 Å². The highest BCUT2D eigenvalue weighted by Crippen LogP contribution is 2.28. The summed E-state index contributed by atoms with van der Waals surface area (Å²) in [6.07, 6.45) is 11.9. The van der Waals surface area contributed by atoms with E-state index in [1.165, 1.54) is 37.6 Å². The molecule has 0 heterocycles. The number of rotatable bonds is 12. The molecule has 1 aliphatic carbocycles. The van der Waals surface area contributed by atoms with Crippen molar-refractivity contribution in [2.45, 2.75) is 91.1 Å². The van der Waals surface area contributed by atoms with Crippen molar-refractivity contribution in [1.29, 1.82) is 0 Å². The molecule has 0 radical (unpaired) electrons. The van der Waals surface area contributed by atoms with Crippen molar-refractivity contribution in [2.24, 2.45) is 16.8 Å². The molecular weight excluding hydrogens is 458 g/mol. The maximum absolute atomic E-state index is 11.5. The van der Waals surface area contributed by atoms with Crippen LogP contribution in [0.1, 0.15) is 80.1 Å². The van der Waals surface area contributed by atoms with E-state index in [2.05, 4.69) is 35.9 Å². The summed E-state index contributed by atoms with van der Waals surface area (Å²) in [6.45, 7) is 12.5. The molecule has 6 nitrogen and oxygen atoms in total. The average Bonchev–Trinajstić information content (AvgIpc) is 3.33. The fourth-order valence-electron chi connectivity index (χ4n) is 3.65. The Hall–Kier alpha value is -2.22. The van der Waals surface area contributed by atoms with Gasteiger partial charge in [0.05, 0.1) is 6.10 Å². The molecule has 0 aliphatic heterocycles. The molecule has 4 N–H and O–H groups in total. The maximum atomic E-state index is 11.5. The maximum Gasteiger partial charge on any atom is 0.220 e. The number of carbonyl (C=O) groups is 1. The highest BCUT2D eigenvalue weighted by molar-refractivity contribution is 7.97. The number of hydrogen-bond donors (Lipinski definition) is 3. The van der Waals surface area contributed by atoms with Gasteiger partial charge in [-0.1, -0.05) is 50.1 Å². The number of nitroso groups, excluding NO2 is 1. The van der Waals surface area contributed by atoms with E-state index in [-0.39, 0.29) is 5.92 Å². The third kappa shape index (κ3) is 14.1. The molecule has 0 fully saturated rings. The summed E-state index contributed by atoms with van der Waals surface area (Å²) in [6, 6.07) is 6.78. The number of nitrogens with two attached hydrogens (primary N) is 1. The Bertz CT molecular complexity index is 832. The second-order valence-electron chi connectivity index (χ2n) is 8.20. The van der Waals surface area contributed by atoms with Crippen molar-refractivity contribution in [1.82, 2.24) is 4.72 Å². The van der Waals surface area contributed by atoms with Gasteiger partial charge in [0, 0.05) is 17.4 Å². The van der Waals surface area contributed by atoms with Crippen LogP contribution in [0.25, 0.3) is 0 Å². The van der Waals surface area contributed by atoms with Crippen LogP contribution in [-0.2, 0) is 4.79 Å². The Balaban J connectivity index is 0.000000798. The molecular formula is C28H45N3O3S. The zero-order valence-corrected chi connectivity index (χ0v) is 23.2. The molecule has 0 aromatic heterocycles. The van der Waals surface area contributed by atoms with Gasteiger partial charge in [-0.25, -0.2) is 0 Å². The van der Waals surface area contributed by atoms with Crippen LogP contribution in [0.5, 0.6) is 0 Å². The largest absolute Gasteiger partial charge is 0.392 e. The van der Waals surface area contributed by atoms with Crippen LogP contribution in [0, 0.1) is 10.8 Å². The third-order valence-corrected chi connectivity index (χ3v) is 6.46. The van der Waals surface area contributed by atoms with Crippen LogP contribution in [0.15, 0.2) is 69.3 Å². The van der Waals surface area contributed by atoms with Crippen LogP contribution in [-0.4, -0.2) is 23.7 Å². The Morgan fingerprint density at radius 2 is 1.89 bits per heavy atom. The number of primary amides is 1. The van der Waals surface area contributed by atoms with Gasteiger partial charge >= 0.3 is 0 Å². The van der Waals surface area contributed by atoms with Gasteiger partial charge in [-0.15, -0.1) is 4.91 Å². The average molecular weight is 504 g/mol. The molecule has 1 aromatic carbocycles. The minimum Gasteiger partial charge on any atom is -0.392 e. The fourth-order valence-corrected chi connectivity index (χ4v) is 4.36. The molecule has 0 saturated heterocycles. The first-order valence-corrected chi connectivity index (χ1v) is 13.4. The molecule has 196 valence electrons. The van der Waals surface area contributed by atoms with Crippen LogP contribution in [0.3, 0.4) is 0 Å². The summed E-state index contributed by atoms with van der Waals surface area (Å²) in [5, 5.41) is 12.9. The Morgan fingerprint density at radius 1 is 1.23 bits per heavy atom. The van der Waals surface area contributed by atoms with Gasteiger partial charge in [-0.05, 0) is 106 Å². The number of hydrogen-bond acceptors (Lipinski definition) is 6. The molecule has 0 saturated carbocycles. The zero-order valence-electron chi connectivity index (χ0n) is 22.3. The number of nitrogens with zero attached hydrogens (tertiary/aromatic N) is 1. The summed E-state index contributed by atoms with van der Waals surface area (Å²) in [5.41, 5.74) is 10.1. The summed E-state index contributed by atoms with van der Waals surface area (Å²) in [4.78, 5) is 22.7. The highest BCUT2D eigenvalue weighted by atomic mass is 32.2. The first-order chi connectivity index (χ1) is 16.8. The smallest absolute Gasteiger partial charge is 0.220 e. The van der Waals surface area contributed by atoms with Crippen molar-refractivity contribution >= 4 is 23.5 Å². The van der Waals surface area contributed by atoms with E-state index in [0.717, 1.165) is 10.5 Å². The van der Waals surface area contributed by atoms with Crippen molar-refractivity contribution < 1.29 is 9.90 Å². The molecule has 7 heteroatoms. The molecule has 1 amide bonds. The lowest BCUT2D eigenvalue weighted by atomic mass is 9.93. The lowest BCUT2D eigenvalue weighted by Crippen LogP contribution is -2.31. The van der Waals surface area contributed by atoms with Gasteiger partial charge < -0.3 is 10.8 Å². The predicted molar refractivity (Wildman–Crippen MR) is 150 cm³/mol. The molecule has 1 unspecified atom stereocenters. The molecule has 0 spiro atoms. The third-order valence-electron chi connectivity index (χ3n) is 5.64. The highest BCUT2D eigenvalue weighted by Gasteiger charge is 2.20. The second-order valence-corrected chi connectivity index (χ2v) is 9.16. The standard InChI is InChI=1S/C16H23N3O3S.C10H16.C2H6/c1-3-11(2)8-12(16(17)21)9-14(20)10-18-23-15-6-4-13(19-22)5-7-15;1-3-6-10-8-5-7-9(10)4-2;1-2/h3-7,12,14,18,20H,8-10H2,1-2H3,(H2,17,21);3,6H,4-5,7-8H2,1-2H3;1-2H3/b11-3+;6-3-;/t12-,14?;;/m1../s1. The first-order valence-electron chi connectivity index (χ1n) is 12.6. The van der Waals surface area contributed by atoms with Crippen LogP contribution in [0.2, 0.25) is 0 Å². The van der Waals surface area contributed by atoms with Crippen molar-refractivity contribution in [3.05, 3.63) is 64.1 Å². The van der Waals surface area contributed by atoms with Crippen LogP contribution in [0.4, 0.5) is 5.69 Å². The molecule has 0 bridgehead atoms. The number of nitrogens with one attached hydrogen (secondary N) is 1. The lowest BCUT2D eigenvalue weighted by Gasteiger charge is -2.18. The molecule has 1 aliphatic rings. The fraction of sp³-hybridized carbons (Fsp3) is 0.536. The number of aliphatic hydroxyl groups excluding tert-OH is 1. The second kappa shape index (κ2) is 20.0. The van der Waals surface area contributed by atoms with Crippen LogP contribution < -0.4 is 10.5 Å². The zero-order chi connectivity index (χ0) is 26.6. The number of carbonyl (C=O) groups excluding carboxylic acids is 1. The van der Waals surface area contributed by atoms with Crippen molar-refractivity contribution in [3.8, 4) is 0 Å². The molecule has 2 atom stereocenters. The minimum atomic E-state index is -0.666. The number of allylic oxidation sites excluding steroid dienone is 6. The molecule has 35 heavy (non-hydrogen) atoms. The minimum absolute atomic E-state index is 0.322. The van der Waals surface area contributed by atoms with E-state index in [1.54, 1.807) is 35.4 Å². The van der Waals surface area contributed by atoms with Gasteiger partial charge in [0.25, 0.3) is 0 Å². The molecule has 1 aromatic rings. The number of benzene rings is 1. The number of aliphatic hydroxyl groups is 1. The van der Waals surface area contributed by atoms with E-state index in [0.29, 0.717) is 25.1 Å². The Morgan fingerprint density at radius 3 is 2.40 bits per heavy atom. The first kappa shape index (κ1) is 32.8. The van der Waals surface area contributed by atoms with Crippen LogP contribution >= 0.6 is 11.9 Å². The Labute approximate surface area is 216 Å². The predicted octanol–water partition coefficient (Wildman–Crippen LogP) is 7.37. The van der Waals surface area contributed by atoms with Crippen molar-refractivity contribution in [3.63, 3.8) is 0 Å². The van der Waals surface area contributed by atoms with E-state index in [1.807, 2.05) is 33.8 Å². The van der Waals surface area contributed by atoms with Gasteiger partial charge in [0.2, 0.25) is 5.91 Å². The monoisotopic (exact) mass is 503 g/mol. The summed E-state index contributed by atoms with van der Waals surface area (Å²) < 4.78 is 3.04. The van der Waals surface area contributed by atoms with E-state index in [9.17, 15) is 14.8 Å². The van der Waals surface area contributed by atoms with Gasteiger partial charge in [0.1, 0.15) is 5.69 Å². The van der Waals surface area contributed by atoms with Gasteiger partial charge in [0.15, 0.2) is 0 Å². The van der Waals surface area contributed by atoms with Gasteiger partial charge in [-0.2, -0.15) is 0 Å². The Kier molecular flexibility index (Phi) is 18.8. The van der Waals surface area contributed by atoms with Crippen molar-refractivity contribution in [2.75, 3.05) is 6.54 Å². The SMILES string of the molecule is C/C=C(\C)C[C@H](CC(O)CNSc1ccc(N=O)cc1)C(N)=O.C/C=C\C1=C(CC)CCC1.CC. The lowest BCUT2D eigenvalue weighted by molar-refractivity contribution is -0.122. The quantitative estimate of drug-likeness (QED) is 0.157. The summed E-state index contributed by atoms with van der Waals surface area (Å²) >= 11 is 1.34. The molecule has 2 rings (SSSR count).